The van der Waals surface area contributed by atoms with Gasteiger partial charge in [0.2, 0.25) is 0 Å². The van der Waals surface area contributed by atoms with Crippen LogP contribution in [0.5, 0.6) is 0 Å². The summed E-state index contributed by atoms with van der Waals surface area (Å²) in [6.07, 6.45) is 2.95. The molecule has 3 fully saturated rings. The van der Waals surface area contributed by atoms with E-state index < -0.39 is 58.8 Å². The smallest absolute Gasteiger partial charge is 0.329 e. The zero-order chi connectivity index (χ0) is 78.6. The molecule has 3 aliphatic rings. The lowest BCUT2D eigenvalue weighted by Gasteiger charge is -2.40. The van der Waals surface area contributed by atoms with Crippen LogP contribution in [-0.4, -0.2) is 125 Å². The summed E-state index contributed by atoms with van der Waals surface area (Å²) in [6, 6.07) is 54.9. The van der Waals surface area contributed by atoms with Crippen molar-refractivity contribution in [3.63, 3.8) is 0 Å². The Morgan fingerprint density at radius 1 is 0.486 bits per heavy atom. The summed E-state index contributed by atoms with van der Waals surface area (Å²) in [7, 11) is 0. The van der Waals surface area contributed by atoms with Crippen LogP contribution < -0.4 is 16.0 Å². The molecule has 3 aliphatic heterocycles. The van der Waals surface area contributed by atoms with Crippen molar-refractivity contribution in [2.45, 2.75) is 148 Å². The van der Waals surface area contributed by atoms with Gasteiger partial charge in [0.05, 0.1) is 28.7 Å². The van der Waals surface area contributed by atoms with Crippen LogP contribution in [0.3, 0.4) is 0 Å². The van der Waals surface area contributed by atoms with Crippen molar-refractivity contribution in [2.75, 3.05) is 55.2 Å². The van der Waals surface area contributed by atoms with Crippen LogP contribution >= 0.6 is 0 Å². The van der Waals surface area contributed by atoms with Gasteiger partial charge in [-0.05, 0) is 159 Å². The standard InChI is InChI=1S/C31H31F4N5O.C28H27F6N3O.C27H34N4O/c32-26-15-25(31(33,34)35)16-27(17-26)37-30(41)40(20-24-9-5-2-6-10-24)28-11-13-38(14-12-28)21-29-18-36-22-39(29)19-23-7-3-1-4-8-23;1-18-11-20(12-25(30)26(18)31)16-36-9-7-24(8-10-36)37(17-19-5-3-2-4-6-19)27(38)35-23-14-21(28(32,33)34)13-22(29)15-23;1-3-8-21(2)30-17-14-25(15-18-30)31(20-22-9-5-4-6-10-22)27(32)29-24-12-13-26-23(19-24)11-7-16-28-26/h1-10,15-18,22,28H,11-14,19-21H2,(H,37,41);2-6,11-15,24H,7-10,16-17H2,1H3,(H,35,38);4-7,9-13,16,19,21,25H,3,8,14-15,17-18,20H2,1-2H3,(H,29,32). The van der Waals surface area contributed by atoms with E-state index in [1.54, 1.807) is 22.1 Å². The van der Waals surface area contributed by atoms with E-state index in [0.717, 1.165) is 103 Å². The third-order valence-corrected chi connectivity index (χ3v) is 20.5. The number of aromatic nitrogens is 3. The Labute approximate surface area is 640 Å². The summed E-state index contributed by atoms with van der Waals surface area (Å²) >= 11 is 0. The average molecular weight is 1530 g/mol. The quantitative estimate of drug-likeness (QED) is 0.0605. The number of hydrogen-bond donors (Lipinski definition) is 3. The fourth-order valence-electron chi connectivity index (χ4n) is 14.6. The number of amides is 6. The number of nitrogens with zero attached hydrogens (tertiary/aromatic N) is 9. The van der Waals surface area contributed by atoms with Gasteiger partial charge in [-0.3, -0.25) is 14.8 Å². The van der Waals surface area contributed by atoms with Gasteiger partial charge in [0.1, 0.15) is 11.6 Å². The maximum Gasteiger partial charge on any atom is 0.416 e. The number of aryl methyl sites for hydroxylation is 1. The molecule has 0 spiro atoms. The molecule has 15 nitrogen and oxygen atoms in total. The second-order valence-corrected chi connectivity index (χ2v) is 28.6. The zero-order valence-electron chi connectivity index (χ0n) is 62.3. The molecule has 584 valence electrons. The van der Waals surface area contributed by atoms with Crippen LogP contribution in [0.4, 0.5) is 75.3 Å². The van der Waals surface area contributed by atoms with Gasteiger partial charge in [0.25, 0.3) is 0 Å². The second-order valence-electron chi connectivity index (χ2n) is 28.6. The molecule has 0 radical (unpaired) electrons. The molecule has 1 atom stereocenters. The maximum atomic E-state index is 14.0. The van der Waals surface area contributed by atoms with Crippen molar-refractivity contribution in [3.8, 4) is 0 Å². The average Bonchev–Trinajstić information content (AvgIpc) is 1.35. The number of pyridine rings is 1. The first-order valence-electron chi connectivity index (χ1n) is 37.5. The van der Waals surface area contributed by atoms with Crippen LogP contribution in [0.25, 0.3) is 10.9 Å². The van der Waals surface area contributed by atoms with Gasteiger partial charge in [-0.25, -0.2) is 36.9 Å². The van der Waals surface area contributed by atoms with Crippen molar-refractivity contribution in [1.82, 2.24) is 43.9 Å². The number of alkyl halides is 6. The number of fused-ring (bicyclic) bond motifs is 1. The van der Waals surface area contributed by atoms with Crippen LogP contribution in [0.2, 0.25) is 0 Å². The predicted molar refractivity (Wildman–Crippen MR) is 412 cm³/mol. The van der Waals surface area contributed by atoms with E-state index in [0.29, 0.717) is 88.2 Å². The number of hydrogen-bond acceptors (Lipinski definition) is 8. The van der Waals surface area contributed by atoms with E-state index in [-0.39, 0.29) is 54.2 Å². The van der Waals surface area contributed by atoms with Crippen molar-refractivity contribution >= 4 is 46.1 Å². The third kappa shape index (κ3) is 23.5. The number of halogens is 10. The van der Waals surface area contributed by atoms with Crippen molar-refractivity contribution in [3.05, 3.63) is 292 Å². The largest absolute Gasteiger partial charge is 0.416 e. The minimum atomic E-state index is -4.76. The van der Waals surface area contributed by atoms with Gasteiger partial charge in [-0.15, -0.1) is 0 Å². The Balaban J connectivity index is 0.000000166. The highest BCUT2D eigenvalue weighted by atomic mass is 19.4. The number of nitrogens with one attached hydrogen (secondary N) is 3. The molecular weight excluding hydrogens is 1440 g/mol. The monoisotopic (exact) mass is 1530 g/mol. The van der Waals surface area contributed by atoms with Crippen LogP contribution in [-0.2, 0) is 51.6 Å². The number of urea groups is 3. The van der Waals surface area contributed by atoms with E-state index in [1.807, 2.05) is 145 Å². The molecule has 3 N–H and O–H groups in total. The van der Waals surface area contributed by atoms with Gasteiger partial charge in [0.15, 0.2) is 11.6 Å². The molecule has 0 aliphatic carbocycles. The first-order valence-corrected chi connectivity index (χ1v) is 37.5. The highest BCUT2D eigenvalue weighted by Crippen LogP contribution is 2.35. The molecule has 25 heteroatoms. The molecule has 111 heavy (non-hydrogen) atoms. The Hall–Kier alpha value is -10.6. The summed E-state index contributed by atoms with van der Waals surface area (Å²) < 4.78 is 137. The summed E-state index contributed by atoms with van der Waals surface area (Å²) in [5.74, 6) is -3.93. The molecule has 0 saturated carbocycles. The molecule has 2 aromatic heterocycles. The Morgan fingerprint density at radius 3 is 1.38 bits per heavy atom. The summed E-state index contributed by atoms with van der Waals surface area (Å²) in [6.45, 7) is 13.8. The number of likely N-dealkylation sites (tertiary alicyclic amines) is 3. The normalized spacial score (nSPS) is 15.1. The first-order chi connectivity index (χ1) is 53.4. The fraction of sp³-hybridized carbons (Fsp3) is 0.337. The number of carbonyl (C=O) groups excluding carboxylic acids is 3. The summed E-state index contributed by atoms with van der Waals surface area (Å²) in [5.41, 5.74) is 4.92. The SMILES string of the molecule is CCCC(C)N1CCC(N(Cc2ccccc2)C(=O)Nc2ccc3ncccc3c2)CC1.Cc1cc(CN2CCC(N(Cc3ccccc3)C(=O)Nc3cc(F)cc(C(F)(F)F)c3)CC2)cc(F)c1F.O=C(Nc1cc(F)cc(C(F)(F)F)c1)N(Cc1ccccc1)C1CCN(Cc2cncn2Cc2ccccc2)CC1. The van der Waals surface area contributed by atoms with Crippen molar-refractivity contribution in [1.29, 1.82) is 0 Å². The number of piperidine rings is 3. The minimum absolute atomic E-state index is 0.0304. The zero-order valence-corrected chi connectivity index (χ0v) is 62.3. The number of rotatable bonds is 21. The van der Waals surface area contributed by atoms with Gasteiger partial charge >= 0.3 is 30.4 Å². The van der Waals surface area contributed by atoms with Gasteiger partial charge in [-0.2, -0.15) is 26.3 Å². The van der Waals surface area contributed by atoms with E-state index in [1.165, 1.54) is 31.4 Å². The molecule has 6 amide bonds. The van der Waals surface area contributed by atoms with E-state index >= 15 is 0 Å². The highest BCUT2D eigenvalue weighted by Gasteiger charge is 2.36. The lowest BCUT2D eigenvalue weighted by molar-refractivity contribution is -0.138. The van der Waals surface area contributed by atoms with Crippen LogP contribution in [0.1, 0.15) is 115 Å². The topological polar surface area (TPSA) is 137 Å². The Bertz CT molecular complexity index is 4630. The molecule has 5 heterocycles. The number of benzene rings is 8. The third-order valence-electron chi connectivity index (χ3n) is 20.5. The van der Waals surface area contributed by atoms with Crippen molar-refractivity contribution in [2.24, 2.45) is 0 Å². The molecular formula is C86H92F10N12O3. The van der Waals surface area contributed by atoms with Gasteiger partial charge in [-0.1, -0.05) is 147 Å². The molecule has 0 bridgehead atoms. The lowest BCUT2D eigenvalue weighted by atomic mass is 10.00. The fourth-order valence-corrected chi connectivity index (χ4v) is 14.6. The Morgan fingerprint density at radius 2 is 0.928 bits per heavy atom. The first kappa shape index (κ1) is 81.4. The molecule has 13 rings (SSSR count). The number of anilines is 3. The molecule has 8 aromatic carbocycles. The second kappa shape index (κ2) is 38.3. The highest BCUT2D eigenvalue weighted by molar-refractivity contribution is 5.93. The van der Waals surface area contributed by atoms with Crippen molar-refractivity contribution < 1.29 is 58.3 Å². The maximum absolute atomic E-state index is 14.0. The predicted octanol–water partition coefficient (Wildman–Crippen LogP) is 19.8. The summed E-state index contributed by atoms with van der Waals surface area (Å²) in [5, 5.41) is 9.13. The van der Waals surface area contributed by atoms with Gasteiger partial charge in [0, 0.05) is 138 Å². The van der Waals surface area contributed by atoms with E-state index in [2.05, 4.69) is 83.3 Å². The molecule has 1 unspecified atom stereocenters. The van der Waals surface area contributed by atoms with E-state index in [9.17, 15) is 58.3 Å². The molecule has 10 aromatic rings. The number of imidazole rings is 1. The number of carbonyl (C=O) groups is 3. The Kier molecular flexibility index (Phi) is 28.1. The van der Waals surface area contributed by atoms with Gasteiger partial charge < -0.3 is 40.1 Å². The van der Waals surface area contributed by atoms with Crippen LogP contribution in [0, 0.1) is 30.2 Å². The minimum Gasteiger partial charge on any atom is -0.329 e. The summed E-state index contributed by atoms with van der Waals surface area (Å²) in [4.78, 5) is 61.1. The van der Waals surface area contributed by atoms with E-state index in [4.69, 9.17) is 0 Å². The van der Waals surface area contributed by atoms with Crippen LogP contribution in [0.15, 0.2) is 219 Å². The molecule has 3 saturated heterocycles. The lowest BCUT2D eigenvalue weighted by Crippen LogP contribution is -2.50.